The molecule has 0 spiro atoms. The van der Waals surface area contributed by atoms with E-state index >= 15 is 0 Å². The number of benzene rings is 2. The van der Waals surface area contributed by atoms with Crippen LogP contribution in [0.4, 0.5) is 0 Å². The highest BCUT2D eigenvalue weighted by Crippen LogP contribution is 2.39. The van der Waals surface area contributed by atoms with Crippen molar-refractivity contribution in [2.75, 3.05) is 13.1 Å². The Hall–Kier alpha value is -2.40. The zero-order valence-corrected chi connectivity index (χ0v) is 16.2. The number of likely N-dealkylation sites (tertiary alicyclic amines) is 1. The molecule has 0 aromatic heterocycles. The summed E-state index contributed by atoms with van der Waals surface area (Å²) in [4.78, 5) is 19.7. The first kappa shape index (κ1) is 17.0. The van der Waals surface area contributed by atoms with E-state index in [2.05, 4.69) is 50.5 Å². The lowest BCUT2D eigenvalue weighted by molar-refractivity contribution is -0.124. The van der Waals surface area contributed by atoms with Crippen molar-refractivity contribution in [3.63, 3.8) is 0 Å². The van der Waals surface area contributed by atoms with Crippen LogP contribution in [0.1, 0.15) is 24.1 Å². The normalized spacial score (nSPS) is 19.8. The lowest BCUT2D eigenvalue weighted by Crippen LogP contribution is -2.29. The van der Waals surface area contributed by atoms with E-state index in [9.17, 15) is 4.79 Å². The number of nitrogens with one attached hydrogen (secondary N) is 1. The number of aliphatic imine (C=N–C) groups is 1. The third-order valence-electron chi connectivity index (χ3n) is 4.86. The minimum atomic E-state index is -0.125. The van der Waals surface area contributed by atoms with Crippen molar-refractivity contribution in [3.8, 4) is 0 Å². The molecule has 0 bridgehead atoms. The van der Waals surface area contributed by atoms with Gasteiger partial charge in [-0.25, -0.2) is 0 Å². The average Bonchev–Trinajstić information content (AvgIpc) is 2.79. The van der Waals surface area contributed by atoms with Gasteiger partial charge in [0, 0.05) is 28.8 Å². The first-order chi connectivity index (χ1) is 12.6. The molecule has 4 nitrogen and oxygen atoms in total. The van der Waals surface area contributed by atoms with E-state index in [1.165, 1.54) is 0 Å². The fourth-order valence-corrected chi connectivity index (χ4v) is 3.89. The molecule has 2 aliphatic heterocycles. The van der Waals surface area contributed by atoms with Crippen molar-refractivity contribution in [2.45, 2.75) is 19.5 Å². The Bertz CT molecular complexity index is 887. The van der Waals surface area contributed by atoms with Crippen molar-refractivity contribution in [3.05, 3.63) is 81.5 Å². The minimum Gasteiger partial charge on any atom is -0.386 e. The number of hydrogen-bond acceptors (Lipinski definition) is 3. The van der Waals surface area contributed by atoms with Crippen LogP contribution in [0.25, 0.3) is 0 Å². The highest BCUT2D eigenvalue weighted by atomic mass is 79.9. The van der Waals surface area contributed by atoms with Gasteiger partial charge in [0.1, 0.15) is 5.71 Å². The summed E-state index contributed by atoms with van der Waals surface area (Å²) < 4.78 is 1.03. The predicted molar refractivity (Wildman–Crippen MR) is 107 cm³/mol. The maximum atomic E-state index is 13.2. The molecule has 1 unspecified atom stereocenters. The summed E-state index contributed by atoms with van der Waals surface area (Å²) in [6.07, 6.45) is 0. The first-order valence-corrected chi connectivity index (χ1v) is 9.54. The van der Waals surface area contributed by atoms with Gasteiger partial charge in [0.05, 0.1) is 12.6 Å². The third kappa shape index (κ3) is 3.07. The van der Waals surface area contributed by atoms with Crippen LogP contribution < -0.4 is 5.32 Å². The van der Waals surface area contributed by atoms with Gasteiger partial charge in [-0.05, 0) is 30.2 Å². The number of halogens is 1. The molecule has 2 aliphatic rings. The van der Waals surface area contributed by atoms with Gasteiger partial charge in [0.15, 0.2) is 0 Å². The van der Waals surface area contributed by atoms with E-state index < -0.39 is 0 Å². The van der Waals surface area contributed by atoms with Gasteiger partial charge in [0.25, 0.3) is 5.91 Å². The summed E-state index contributed by atoms with van der Waals surface area (Å²) >= 11 is 3.50. The molecule has 0 aliphatic carbocycles. The van der Waals surface area contributed by atoms with Crippen molar-refractivity contribution >= 4 is 27.5 Å². The lowest BCUT2D eigenvalue weighted by atomic mass is 9.96. The van der Waals surface area contributed by atoms with Gasteiger partial charge < -0.3 is 10.2 Å². The molecule has 5 heteroatoms. The van der Waals surface area contributed by atoms with E-state index in [0.717, 1.165) is 33.4 Å². The topological polar surface area (TPSA) is 44.7 Å². The summed E-state index contributed by atoms with van der Waals surface area (Å²) in [5.74, 6) is 0.0137. The van der Waals surface area contributed by atoms with E-state index in [1.54, 1.807) is 0 Å². The van der Waals surface area contributed by atoms with Gasteiger partial charge in [-0.2, -0.15) is 0 Å². The maximum Gasteiger partial charge on any atom is 0.273 e. The third-order valence-corrected chi connectivity index (χ3v) is 5.39. The number of rotatable bonds is 3. The number of hydrogen-bond donors (Lipinski definition) is 1. The number of amides is 1. The molecular weight excluding hydrogens is 390 g/mol. The molecule has 1 amide bonds. The highest BCUT2D eigenvalue weighted by Gasteiger charge is 2.43. The Morgan fingerprint density at radius 3 is 2.62 bits per heavy atom. The van der Waals surface area contributed by atoms with E-state index in [4.69, 9.17) is 0 Å². The molecule has 1 N–H and O–H groups in total. The molecule has 26 heavy (non-hydrogen) atoms. The molecule has 4 rings (SSSR count). The fourth-order valence-electron chi connectivity index (χ4n) is 3.63. The van der Waals surface area contributed by atoms with Crippen LogP contribution in [0.5, 0.6) is 0 Å². The molecule has 2 aromatic rings. The average molecular weight is 410 g/mol. The van der Waals surface area contributed by atoms with Crippen LogP contribution in [0, 0.1) is 0 Å². The van der Waals surface area contributed by atoms with Crippen molar-refractivity contribution in [1.29, 1.82) is 0 Å². The number of nitrogens with zero attached hydrogens (tertiary/aromatic N) is 2. The van der Waals surface area contributed by atoms with Gasteiger partial charge in [-0.15, -0.1) is 0 Å². The van der Waals surface area contributed by atoms with Crippen molar-refractivity contribution in [1.82, 2.24) is 10.2 Å². The van der Waals surface area contributed by atoms with Gasteiger partial charge in [-0.3, -0.25) is 9.79 Å². The van der Waals surface area contributed by atoms with E-state index in [-0.39, 0.29) is 11.9 Å². The molecule has 1 saturated heterocycles. The molecule has 2 heterocycles. The maximum absolute atomic E-state index is 13.2. The quantitative estimate of drug-likeness (QED) is 0.836. The Morgan fingerprint density at radius 1 is 1.15 bits per heavy atom. The monoisotopic (exact) mass is 409 g/mol. The summed E-state index contributed by atoms with van der Waals surface area (Å²) in [5.41, 5.74) is 4.87. The van der Waals surface area contributed by atoms with Gasteiger partial charge >= 0.3 is 0 Å². The second kappa shape index (κ2) is 7.08. The lowest BCUT2D eigenvalue weighted by Gasteiger charge is -2.26. The van der Waals surface area contributed by atoms with Crippen molar-refractivity contribution < 1.29 is 4.79 Å². The Kier molecular flexibility index (Phi) is 4.64. The zero-order chi connectivity index (χ0) is 18.1. The molecule has 1 atom stereocenters. The standard InChI is InChI=1S/C21H20BrN3O/c1-14-18-19(24-12-11-23-14)21(26)25(13-15-5-3-2-4-6-15)20(18)16-7-9-17(22)10-8-16/h2-10,20,23H,11-13H2,1H3. The predicted octanol–water partition coefficient (Wildman–Crippen LogP) is 3.85. The summed E-state index contributed by atoms with van der Waals surface area (Å²) in [6, 6.07) is 18.2. The Balaban J connectivity index is 1.82. The largest absolute Gasteiger partial charge is 0.386 e. The highest BCUT2D eigenvalue weighted by molar-refractivity contribution is 9.10. The van der Waals surface area contributed by atoms with Crippen LogP contribution >= 0.6 is 15.9 Å². The molecule has 2 aromatic carbocycles. The SMILES string of the molecule is CC1=C2C(=NCCN1)C(=O)N(Cc1ccccc1)C2c1ccc(Br)cc1. The first-order valence-electron chi connectivity index (χ1n) is 8.75. The minimum absolute atomic E-state index is 0.0137. The summed E-state index contributed by atoms with van der Waals surface area (Å²) in [7, 11) is 0. The van der Waals surface area contributed by atoms with Crippen LogP contribution in [0.2, 0.25) is 0 Å². The molecule has 0 saturated carbocycles. The van der Waals surface area contributed by atoms with Gasteiger partial charge in [0.2, 0.25) is 0 Å². The second-order valence-corrected chi connectivity index (χ2v) is 7.48. The van der Waals surface area contributed by atoms with E-state index in [0.29, 0.717) is 18.8 Å². The Labute approximate surface area is 161 Å². The summed E-state index contributed by atoms with van der Waals surface area (Å²) in [6.45, 7) is 3.99. The van der Waals surface area contributed by atoms with Crippen LogP contribution in [0.15, 0.2) is 75.3 Å². The molecule has 1 fully saturated rings. The smallest absolute Gasteiger partial charge is 0.273 e. The van der Waals surface area contributed by atoms with Gasteiger partial charge in [-0.1, -0.05) is 58.4 Å². The zero-order valence-electron chi connectivity index (χ0n) is 14.6. The molecular formula is C21H20BrN3O. The summed E-state index contributed by atoms with van der Waals surface area (Å²) in [5, 5.41) is 3.41. The van der Waals surface area contributed by atoms with Crippen LogP contribution in [-0.2, 0) is 11.3 Å². The Morgan fingerprint density at radius 2 is 1.88 bits per heavy atom. The molecule has 0 radical (unpaired) electrons. The van der Waals surface area contributed by atoms with Crippen molar-refractivity contribution in [2.24, 2.45) is 4.99 Å². The van der Waals surface area contributed by atoms with Crippen LogP contribution in [0.3, 0.4) is 0 Å². The number of carbonyl (C=O) groups excluding carboxylic acids is 1. The second-order valence-electron chi connectivity index (χ2n) is 6.57. The number of allylic oxidation sites excluding steroid dienone is 1. The van der Waals surface area contributed by atoms with Crippen LogP contribution in [-0.4, -0.2) is 29.6 Å². The molecule has 132 valence electrons. The number of carbonyl (C=O) groups is 1. The number of fused-ring (bicyclic) bond motifs is 1. The fraction of sp³-hybridized carbons (Fsp3) is 0.238. The van der Waals surface area contributed by atoms with E-state index in [1.807, 2.05) is 42.2 Å².